The van der Waals surface area contributed by atoms with Crippen molar-refractivity contribution in [2.45, 2.75) is 18.9 Å². The summed E-state index contributed by atoms with van der Waals surface area (Å²) in [5.74, 6) is -1.07. The van der Waals surface area contributed by atoms with E-state index in [0.717, 1.165) is 6.29 Å². The molecule has 4 heteroatoms. The minimum Gasteiger partial charge on any atom is -0.480 e. The van der Waals surface area contributed by atoms with Gasteiger partial charge in [0.1, 0.15) is 12.3 Å². The van der Waals surface area contributed by atoms with E-state index in [0.29, 0.717) is 6.42 Å². The highest BCUT2D eigenvalue weighted by molar-refractivity contribution is 5.75. The summed E-state index contributed by atoms with van der Waals surface area (Å²) < 4.78 is 0. The van der Waals surface area contributed by atoms with Crippen LogP contribution >= 0.6 is 0 Å². The smallest absolute Gasteiger partial charge is 0.320 e. The Morgan fingerprint density at radius 1 is 1.64 bits per heavy atom. The van der Waals surface area contributed by atoms with Crippen LogP contribution in [0.15, 0.2) is 24.3 Å². The summed E-state index contributed by atoms with van der Waals surface area (Å²) in [5, 5.41) is 8.64. The molecule has 0 saturated carbocycles. The molecule has 0 aliphatic heterocycles. The van der Waals surface area contributed by atoms with Crippen LogP contribution in [0.5, 0.6) is 0 Å². The van der Waals surface area contributed by atoms with E-state index in [1.54, 1.807) is 12.2 Å². The van der Waals surface area contributed by atoms with Crippen molar-refractivity contribution >= 4 is 12.3 Å². The Hall–Kier alpha value is -1.42. The van der Waals surface area contributed by atoms with Gasteiger partial charge in [0, 0.05) is 5.41 Å². The van der Waals surface area contributed by atoms with Crippen molar-refractivity contribution in [3.05, 3.63) is 24.3 Å². The Balaban J connectivity index is 2.72. The Morgan fingerprint density at radius 3 is 2.79 bits per heavy atom. The van der Waals surface area contributed by atoms with E-state index in [9.17, 15) is 9.59 Å². The molecule has 0 saturated heterocycles. The van der Waals surface area contributed by atoms with E-state index in [1.165, 1.54) is 0 Å². The molecule has 0 aromatic carbocycles. The van der Waals surface area contributed by atoms with Crippen LogP contribution < -0.4 is 5.73 Å². The van der Waals surface area contributed by atoms with Crippen molar-refractivity contribution in [2.24, 2.45) is 11.1 Å². The zero-order valence-corrected chi connectivity index (χ0v) is 7.72. The first kappa shape index (κ1) is 10.7. The maximum absolute atomic E-state index is 10.9. The summed E-state index contributed by atoms with van der Waals surface area (Å²) in [6.45, 7) is 0. The molecule has 2 atom stereocenters. The van der Waals surface area contributed by atoms with Crippen molar-refractivity contribution < 1.29 is 14.7 Å². The lowest BCUT2D eigenvalue weighted by molar-refractivity contribution is -0.139. The molecule has 4 nitrogen and oxygen atoms in total. The topological polar surface area (TPSA) is 80.4 Å². The molecule has 1 aliphatic rings. The predicted molar refractivity (Wildman–Crippen MR) is 51.6 cm³/mol. The third kappa shape index (κ3) is 2.29. The normalized spacial score (nSPS) is 27.2. The summed E-state index contributed by atoms with van der Waals surface area (Å²) in [5.41, 5.74) is 4.66. The van der Waals surface area contributed by atoms with Crippen molar-refractivity contribution in [1.29, 1.82) is 0 Å². The molecule has 0 aromatic heterocycles. The summed E-state index contributed by atoms with van der Waals surface area (Å²) in [6.07, 6.45) is 8.56. The Labute approximate surface area is 82.1 Å². The molecule has 76 valence electrons. The maximum atomic E-state index is 10.9. The highest BCUT2D eigenvalue weighted by Crippen LogP contribution is 2.30. The molecule has 1 aliphatic carbocycles. The van der Waals surface area contributed by atoms with Crippen LogP contribution in [0.2, 0.25) is 0 Å². The first-order valence-electron chi connectivity index (χ1n) is 4.39. The third-order valence-electron chi connectivity index (χ3n) is 2.33. The molecule has 14 heavy (non-hydrogen) atoms. The minimum absolute atomic E-state index is 0.146. The second-order valence-corrected chi connectivity index (χ2v) is 3.49. The molecule has 0 radical (unpaired) electrons. The maximum Gasteiger partial charge on any atom is 0.320 e. The molecule has 0 fully saturated rings. The van der Waals surface area contributed by atoms with Gasteiger partial charge in [-0.25, -0.2) is 0 Å². The van der Waals surface area contributed by atoms with Gasteiger partial charge in [0.2, 0.25) is 0 Å². The van der Waals surface area contributed by atoms with Gasteiger partial charge in [-0.05, 0) is 12.8 Å². The zero-order valence-electron chi connectivity index (χ0n) is 7.72. The fourth-order valence-electron chi connectivity index (χ4n) is 1.46. The number of aldehydes is 1. The Kier molecular flexibility index (Phi) is 3.19. The summed E-state index contributed by atoms with van der Waals surface area (Å²) in [7, 11) is 0. The lowest BCUT2D eigenvalue weighted by Crippen LogP contribution is -2.37. The van der Waals surface area contributed by atoms with Crippen LogP contribution in [0, 0.1) is 5.41 Å². The molecule has 1 unspecified atom stereocenters. The van der Waals surface area contributed by atoms with E-state index >= 15 is 0 Å². The number of hydrogen-bond donors (Lipinski definition) is 2. The van der Waals surface area contributed by atoms with E-state index < -0.39 is 17.4 Å². The molecule has 0 aromatic rings. The fraction of sp³-hybridized carbons (Fsp3) is 0.400. The number of allylic oxidation sites excluding steroid dienone is 4. The Morgan fingerprint density at radius 2 is 2.36 bits per heavy atom. The molecule has 0 heterocycles. The number of carboxylic acid groups (broad SMARTS) is 1. The number of carbonyl (C=O) groups is 2. The van der Waals surface area contributed by atoms with Crippen LogP contribution in [0.1, 0.15) is 12.8 Å². The van der Waals surface area contributed by atoms with Gasteiger partial charge < -0.3 is 15.6 Å². The number of carboxylic acids is 1. The van der Waals surface area contributed by atoms with Crippen molar-refractivity contribution in [3.63, 3.8) is 0 Å². The minimum atomic E-state index is -1.07. The third-order valence-corrected chi connectivity index (χ3v) is 2.33. The van der Waals surface area contributed by atoms with Gasteiger partial charge >= 0.3 is 5.97 Å². The summed E-state index contributed by atoms with van der Waals surface area (Å²) in [4.78, 5) is 21.5. The predicted octanol–water partition coefficient (Wildman–Crippen LogP) is 0.490. The van der Waals surface area contributed by atoms with Crippen LogP contribution in [0.3, 0.4) is 0 Å². The quantitative estimate of drug-likeness (QED) is 0.640. The van der Waals surface area contributed by atoms with Gasteiger partial charge in [0.25, 0.3) is 0 Å². The lowest BCUT2D eigenvalue weighted by atomic mass is 9.78. The van der Waals surface area contributed by atoms with Gasteiger partial charge in [0.15, 0.2) is 0 Å². The molecular formula is C10H13NO3. The second kappa shape index (κ2) is 4.19. The van der Waals surface area contributed by atoms with Crippen LogP contribution in [-0.2, 0) is 9.59 Å². The molecule has 0 amide bonds. The highest BCUT2D eigenvalue weighted by atomic mass is 16.4. The van der Waals surface area contributed by atoms with Crippen LogP contribution in [0.25, 0.3) is 0 Å². The van der Waals surface area contributed by atoms with E-state index in [-0.39, 0.29) is 6.42 Å². The average Bonchev–Trinajstić information content (AvgIpc) is 2.19. The Bertz CT molecular complexity index is 296. The molecule has 3 N–H and O–H groups in total. The van der Waals surface area contributed by atoms with E-state index in [2.05, 4.69) is 0 Å². The van der Waals surface area contributed by atoms with Crippen molar-refractivity contribution in [2.75, 3.05) is 0 Å². The number of hydrogen-bond acceptors (Lipinski definition) is 3. The largest absolute Gasteiger partial charge is 0.480 e. The van der Waals surface area contributed by atoms with Gasteiger partial charge in [-0.1, -0.05) is 24.3 Å². The van der Waals surface area contributed by atoms with Crippen LogP contribution in [-0.4, -0.2) is 23.4 Å². The number of aliphatic carboxylic acids is 1. The lowest BCUT2D eigenvalue weighted by Gasteiger charge is -2.26. The summed E-state index contributed by atoms with van der Waals surface area (Å²) >= 11 is 0. The summed E-state index contributed by atoms with van der Waals surface area (Å²) in [6, 6.07) is -0.989. The van der Waals surface area contributed by atoms with E-state index in [4.69, 9.17) is 10.8 Å². The molecule has 1 rings (SSSR count). The molecular weight excluding hydrogens is 182 g/mol. The number of rotatable bonds is 4. The monoisotopic (exact) mass is 195 g/mol. The first-order valence-corrected chi connectivity index (χ1v) is 4.39. The molecule has 0 spiro atoms. The van der Waals surface area contributed by atoms with Gasteiger partial charge in [0.05, 0.1) is 0 Å². The van der Waals surface area contributed by atoms with Crippen molar-refractivity contribution in [1.82, 2.24) is 0 Å². The number of nitrogens with two attached hydrogens (primary N) is 1. The molecule has 0 bridgehead atoms. The van der Waals surface area contributed by atoms with Crippen molar-refractivity contribution in [3.8, 4) is 0 Å². The second-order valence-electron chi connectivity index (χ2n) is 3.49. The fourth-order valence-corrected chi connectivity index (χ4v) is 1.46. The SMILES string of the molecule is N[C@@H](CC1(C=O)C=CC=CC1)C(=O)O. The van der Waals surface area contributed by atoms with Gasteiger partial charge in [-0.3, -0.25) is 4.79 Å². The zero-order chi connectivity index (χ0) is 10.6. The standard InChI is InChI=1S/C10H13NO3/c11-8(9(13)14)6-10(7-12)4-2-1-3-5-10/h1-4,7-8H,5-6,11H2,(H,13,14)/t8-,10?/m0/s1. The van der Waals surface area contributed by atoms with Gasteiger partial charge in [-0.2, -0.15) is 0 Å². The van der Waals surface area contributed by atoms with Gasteiger partial charge in [-0.15, -0.1) is 0 Å². The average molecular weight is 195 g/mol. The highest BCUT2D eigenvalue weighted by Gasteiger charge is 2.31. The number of carbonyl (C=O) groups excluding carboxylic acids is 1. The van der Waals surface area contributed by atoms with E-state index in [1.807, 2.05) is 12.2 Å². The van der Waals surface area contributed by atoms with Crippen LogP contribution in [0.4, 0.5) is 0 Å². The first-order chi connectivity index (χ1) is 6.59.